The molecule has 1 nitrogen and oxygen atoms in total. The molecule has 0 unspecified atom stereocenters. The van der Waals surface area contributed by atoms with Gasteiger partial charge in [0.15, 0.2) is 0 Å². The summed E-state index contributed by atoms with van der Waals surface area (Å²) in [5.74, 6) is 0. The first-order chi connectivity index (χ1) is 3.79. The van der Waals surface area contributed by atoms with E-state index in [9.17, 15) is 0 Å². The van der Waals surface area contributed by atoms with Crippen LogP contribution >= 0.6 is 34.2 Å². The van der Waals surface area contributed by atoms with E-state index < -0.39 is 0 Å². The van der Waals surface area contributed by atoms with Gasteiger partial charge in [0.1, 0.15) is 0 Å². The maximum Gasteiger partial charge on any atom is 0.0599 e. The van der Waals surface area contributed by atoms with Crippen molar-refractivity contribution in [2.45, 2.75) is 0 Å². The fourth-order valence-electron chi connectivity index (χ4n) is 0.386. The van der Waals surface area contributed by atoms with Crippen molar-refractivity contribution in [1.29, 1.82) is 0 Å². The van der Waals surface area contributed by atoms with Crippen molar-refractivity contribution >= 4 is 34.2 Å². The average molecular weight is 239 g/mol. The number of hydrogen-bond donors (Lipinski definition) is 0. The summed E-state index contributed by atoms with van der Waals surface area (Å²) in [5.41, 5.74) is 0. The number of halogens is 2. The van der Waals surface area contributed by atoms with Gasteiger partial charge in [0.2, 0.25) is 0 Å². The lowest BCUT2D eigenvalue weighted by Gasteiger charge is -1.86. The molecule has 0 fully saturated rings. The van der Waals surface area contributed by atoms with E-state index in [-0.39, 0.29) is 0 Å². The zero-order valence-electron chi connectivity index (χ0n) is 3.94. The van der Waals surface area contributed by atoms with Crippen LogP contribution in [0.1, 0.15) is 0 Å². The molecule has 0 aromatic carbocycles. The molecule has 0 amide bonds. The van der Waals surface area contributed by atoms with Gasteiger partial charge in [-0.25, -0.2) is 0 Å². The third kappa shape index (κ3) is 1.59. The molecule has 0 atom stereocenters. The molecular formula is C5H3ClIN. The summed E-state index contributed by atoms with van der Waals surface area (Å²) in [6.45, 7) is 0. The third-order valence-corrected chi connectivity index (χ3v) is 1.47. The van der Waals surface area contributed by atoms with Gasteiger partial charge >= 0.3 is 0 Å². The van der Waals surface area contributed by atoms with E-state index >= 15 is 0 Å². The van der Waals surface area contributed by atoms with Gasteiger partial charge in [0.25, 0.3) is 0 Å². The highest BCUT2D eigenvalue weighted by atomic mass is 127. The summed E-state index contributed by atoms with van der Waals surface area (Å²) in [4.78, 5) is 3.84. The molecule has 1 aromatic rings. The van der Waals surface area contributed by atoms with Gasteiger partial charge in [-0.3, -0.25) is 4.98 Å². The molecular weight excluding hydrogens is 236 g/mol. The van der Waals surface area contributed by atoms with E-state index in [1.54, 1.807) is 12.4 Å². The Hall–Kier alpha value is 0.170. The summed E-state index contributed by atoms with van der Waals surface area (Å²) < 4.78 is 1.06. The number of aromatic nitrogens is 1. The highest BCUT2D eigenvalue weighted by Gasteiger charge is 1.85. The fourth-order valence-corrected chi connectivity index (χ4v) is 1.24. The lowest BCUT2D eigenvalue weighted by molar-refractivity contribution is 1.31. The van der Waals surface area contributed by atoms with Gasteiger partial charge in [-0.2, -0.15) is 0 Å². The van der Waals surface area contributed by atoms with Gasteiger partial charge < -0.3 is 0 Å². The van der Waals surface area contributed by atoms with Crippen LogP contribution in [0.2, 0.25) is 5.02 Å². The zero-order chi connectivity index (χ0) is 5.98. The lowest BCUT2D eigenvalue weighted by atomic mass is 10.5. The van der Waals surface area contributed by atoms with Crippen molar-refractivity contribution in [1.82, 2.24) is 4.98 Å². The van der Waals surface area contributed by atoms with Crippen molar-refractivity contribution in [2.75, 3.05) is 0 Å². The van der Waals surface area contributed by atoms with E-state index in [4.69, 9.17) is 11.6 Å². The first-order valence-electron chi connectivity index (χ1n) is 2.05. The Labute approximate surface area is 66.2 Å². The molecule has 1 rings (SSSR count). The Morgan fingerprint density at radius 1 is 1.50 bits per heavy atom. The molecule has 0 saturated heterocycles. The van der Waals surface area contributed by atoms with Crippen LogP contribution in [0, 0.1) is 3.57 Å². The van der Waals surface area contributed by atoms with Crippen LogP contribution in [-0.2, 0) is 0 Å². The molecule has 0 N–H and O–H groups in total. The predicted octanol–water partition coefficient (Wildman–Crippen LogP) is 2.34. The minimum Gasteiger partial charge on any atom is -0.262 e. The molecule has 0 saturated carbocycles. The molecule has 0 aliphatic carbocycles. The molecule has 1 aromatic heterocycles. The van der Waals surface area contributed by atoms with Crippen LogP contribution in [0.3, 0.4) is 0 Å². The first-order valence-corrected chi connectivity index (χ1v) is 3.51. The van der Waals surface area contributed by atoms with Crippen molar-refractivity contribution in [3.8, 4) is 0 Å². The maximum atomic E-state index is 5.58. The van der Waals surface area contributed by atoms with Gasteiger partial charge in [-0.05, 0) is 28.7 Å². The number of hydrogen-bond acceptors (Lipinski definition) is 1. The molecule has 1 heterocycles. The maximum absolute atomic E-state index is 5.58. The molecule has 42 valence electrons. The molecule has 0 aliphatic rings. The van der Waals surface area contributed by atoms with E-state index in [1.807, 2.05) is 6.07 Å². The fraction of sp³-hybridized carbons (Fsp3) is 0. The first kappa shape index (κ1) is 6.29. The summed E-state index contributed by atoms with van der Waals surface area (Å²) >= 11 is 7.74. The minimum atomic E-state index is 0.692. The van der Waals surface area contributed by atoms with Crippen LogP contribution in [0.15, 0.2) is 18.5 Å². The predicted molar refractivity (Wildman–Crippen MR) is 42.0 cm³/mol. The topological polar surface area (TPSA) is 12.9 Å². The van der Waals surface area contributed by atoms with Crippen LogP contribution in [-0.4, -0.2) is 4.98 Å². The third-order valence-electron chi connectivity index (χ3n) is 0.672. The minimum absolute atomic E-state index is 0.692. The monoisotopic (exact) mass is 239 g/mol. The van der Waals surface area contributed by atoms with E-state index in [0.717, 1.165) is 3.57 Å². The van der Waals surface area contributed by atoms with Crippen molar-refractivity contribution in [3.63, 3.8) is 0 Å². The molecule has 0 aliphatic heterocycles. The van der Waals surface area contributed by atoms with Crippen molar-refractivity contribution in [2.24, 2.45) is 0 Å². The molecule has 8 heavy (non-hydrogen) atoms. The van der Waals surface area contributed by atoms with Crippen LogP contribution < -0.4 is 0 Å². The molecule has 0 radical (unpaired) electrons. The van der Waals surface area contributed by atoms with E-state index in [2.05, 4.69) is 27.6 Å². The standard InChI is InChI=1S/C5H3ClIN/c6-4-1-5(7)3-8-2-4/h1-3H. The molecule has 0 spiro atoms. The Morgan fingerprint density at radius 2 is 2.25 bits per heavy atom. The SMILES string of the molecule is Clc1cncc(I)c1. The summed E-state index contributed by atoms with van der Waals surface area (Å²) in [6.07, 6.45) is 3.37. The summed E-state index contributed by atoms with van der Waals surface area (Å²) in [5, 5.41) is 0.692. The quantitative estimate of drug-likeness (QED) is 0.633. The Bertz CT molecular complexity index is 172. The van der Waals surface area contributed by atoms with E-state index in [1.165, 1.54) is 0 Å². The van der Waals surface area contributed by atoms with Gasteiger partial charge in [0, 0.05) is 16.0 Å². The Kier molecular flexibility index (Phi) is 2.08. The van der Waals surface area contributed by atoms with Crippen molar-refractivity contribution in [3.05, 3.63) is 27.1 Å². The van der Waals surface area contributed by atoms with E-state index in [0.29, 0.717) is 5.02 Å². The van der Waals surface area contributed by atoms with Crippen molar-refractivity contribution < 1.29 is 0 Å². The molecule has 0 bridgehead atoms. The normalized spacial score (nSPS) is 9.25. The zero-order valence-corrected chi connectivity index (χ0v) is 6.85. The second-order valence-corrected chi connectivity index (χ2v) is 3.00. The lowest BCUT2D eigenvalue weighted by Crippen LogP contribution is -1.72. The Balaban J connectivity index is 3.08. The second-order valence-electron chi connectivity index (χ2n) is 1.32. The second kappa shape index (κ2) is 2.64. The van der Waals surface area contributed by atoms with Crippen LogP contribution in [0.25, 0.3) is 0 Å². The highest BCUT2D eigenvalue weighted by Crippen LogP contribution is 2.09. The van der Waals surface area contributed by atoms with Crippen LogP contribution in [0.4, 0.5) is 0 Å². The Morgan fingerprint density at radius 3 is 2.62 bits per heavy atom. The number of rotatable bonds is 0. The van der Waals surface area contributed by atoms with Gasteiger partial charge in [0.05, 0.1) is 5.02 Å². The highest BCUT2D eigenvalue weighted by molar-refractivity contribution is 14.1. The summed E-state index contributed by atoms with van der Waals surface area (Å²) in [6, 6.07) is 1.86. The van der Waals surface area contributed by atoms with Gasteiger partial charge in [-0.15, -0.1) is 0 Å². The number of nitrogens with zero attached hydrogens (tertiary/aromatic N) is 1. The number of pyridine rings is 1. The smallest absolute Gasteiger partial charge is 0.0599 e. The van der Waals surface area contributed by atoms with Crippen LogP contribution in [0.5, 0.6) is 0 Å². The summed E-state index contributed by atoms with van der Waals surface area (Å²) in [7, 11) is 0. The average Bonchev–Trinajstić information content (AvgIpc) is 1.64. The van der Waals surface area contributed by atoms with Gasteiger partial charge in [-0.1, -0.05) is 11.6 Å². The molecule has 3 heteroatoms. The largest absolute Gasteiger partial charge is 0.262 e.